The lowest BCUT2D eigenvalue weighted by Gasteiger charge is -2.64. The van der Waals surface area contributed by atoms with Crippen molar-refractivity contribution in [3.8, 4) is 0 Å². The van der Waals surface area contributed by atoms with Crippen LogP contribution in [-0.4, -0.2) is 36.4 Å². The van der Waals surface area contributed by atoms with Crippen molar-refractivity contribution in [3.63, 3.8) is 0 Å². The van der Waals surface area contributed by atoms with Crippen LogP contribution in [0.2, 0.25) is 0 Å². The zero-order chi connectivity index (χ0) is 22.3. The van der Waals surface area contributed by atoms with Gasteiger partial charge in [-0.25, -0.2) is 0 Å². The maximum absolute atomic E-state index is 13.2. The van der Waals surface area contributed by atoms with E-state index in [1.807, 2.05) is 6.92 Å². The predicted octanol–water partition coefficient (Wildman–Crippen LogP) is 4.67. The van der Waals surface area contributed by atoms with Crippen molar-refractivity contribution in [3.05, 3.63) is 11.6 Å². The molecule has 0 aliphatic heterocycles. The molecule has 170 valence electrons. The van der Waals surface area contributed by atoms with Gasteiger partial charge < -0.3 is 14.6 Å². The predicted molar refractivity (Wildman–Crippen MR) is 116 cm³/mol. The van der Waals surface area contributed by atoms with Crippen LogP contribution in [0.4, 0.5) is 0 Å². The highest BCUT2D eigenvalue weighted by Crippen LogP contribution is 2.68. The SMILES string of the molecule is CC(=O)OC[C@H](O)COC(=O)[C@@H]1C(C)=CC[C@H]2[C@@]1(C)CC[C@H]1C(C)(C)CCC[C@]21C. The summed E-state index contributed by atoms with van der Waals surface area (Å²) in [5, 5.41) is 9.99. The lowest BCUT2D eigenvalue weighted by Crippen LogP contribution is -2.58. The van der Waals surface area contributed by atoms with Crippen molar-refractivity contribution in [2.24, 2.45) is 34.0 Å². The third-order valence-corrected chi connectivity index (χ3v) is 8.76. The molecule has 0 aromatic rings. The number of fused-ring (bicyclic) bond motifs is 3. The Labute approximate surface area is 181 Å². The molecule has 0 spiro atoms. The summed E-state index contributed by atoms with van der Waals surface area (Å²) in [5.74, 6) is 0.151. The molecule has 0 bridgehead atoms. The normalized spacial score (nSPS) is 38.5. The first-order chi connectivity index (χ1) is 13.9. The zero-order valence-electron chi connectivity index (χ0n) is 19.6. The van der Waals surface area contributed by atoms with Gasteiger partial charge in [-0.2, -0.15) is 0 Å². The third-order valence-electron chi connectivity index (χ3n) is 8.76. The summed E-state index contributed by atoms with van der Waals surface area (Å²) in [6.45, 7) is 12.6. The minimum absolute atomic E-state index is 0.130. The number of carbonyl (C=O) groups excluding carboxylic acids is 2. The molecule has 6 atom stereocenters. The minimum atomic E-state index is -0.998. The van der Waals surface area contributed by atoms with Crippen LogP contribution in [0.3, 0.4) is 0 Å². The van der Waals surface area contributed by atoms with Gasteiger partial charge in [0.2, 0.25) is 0 Å². The molecule has 5 nitrogen and oxygen atoms in total. The molecule has 0 saturated heterocycles. The first-order valence-electron chi connectivity index (χ1n) is 11.6. The van der Waals surface area contributed by atoms with E-state index in [2.05, 4.69) is 33.8 Å². The Kier molecular flexibility index (Phi) is 6.44. The minimum Gasteiger partial charge on any atom is -0.463 e. The molecule has 2 saturated carbocycles. The number of rotatable bonds is 5. The van der Waals surface area contributed by atoms with Gasteiger partial charge in [0.15, 0.2) is 0 Å². The molecule has 3 aliphatic rings. The Hall–Kier alpha value is -1.36. The molecule has 1 N–H and O–H groups in total. The highest BCUT2D eigenvalue weighted by Gasteiger charge is 2.62. The topological polar surface area (TPSA) is 72.8 Å². The van der Waals surface area contributed by atoms with Gasteiger partial charge in [-0.15, -0.1) is 0 Å². The first-order valence-corrected chi connectivity index (χ1v) is 11.6. The number of carbonyl (C=O) groups is 2. The quantitative estimate of drug-likeness (QED) is 0.517. The molecule has 0 aromatic heterocycles. The zero-order valence-corrected chi connectivity index (χ0v) is 19.6. The van der Waals surface area contributed by atoms with Crippen LogP contribution in [0.25, 0.3) is 0 Å². The summed E-state index contributed by atoms with van der Waals surface area (Å²) >= 11 is 0. The van der Waals surface area contributed by atoms with Crippen LogP contribution in [-0.2, 0) is 19.1 Å². The molecule has 0 radical (unpaired) electrons. The van der Waals surface area contributed by atoms with Crippen molar-refractivity contribution in [2.45, 2.75) is 86.2 Å². The number of allylic oxidation sites excluding steroid dienone is 1. The van der Waals surface area contributed by atoms with Crippen LogP contribution in [0.1, 0.15) is 80.1 Å². The van der Waals surface area contributed by atoms with Gasteiger partial charge in [0.05, 0.1) is 5.92 Å². The van der Waals surface area contributed by atoms with E-state index in [1.54, 1.807) is 0 Å². The standard InChI is InChI=1S/C25H40O5/c1-16-8-9-20-24(5)12-7-11-23(3,4)19(24)10-13-25(20,6)21(16)22(28)30-15-18(27)14-29-17(2)26/h8,18-21,27H,7,9-15H2,1-6H3/t18-,19-,20+,21-,24-,25+/m0/s1. The second kappa shape index (κ2) is 8.29. The molecule has 0 aromatic carbocycles. The van der Waals surface area contributed by atoms with Crippen molar-refractivity contribution in [1.29, 1.82) is 0 Å². The maximum atomic E-state index is 13.2. The van der Waals surface area contributed by atoms with Crippen molar-refractivity contribution < 1.29 is 24.2 Å². The summed E-state index contributed by atoms with van der Waals surface area (Å²) in [7, 11) is 0. The largest absolute Gasteiger partial charge is 0.463 e. The van der Waals surface area contributed by atoms with Crippen LogP contribution < -0.4 is 0 Å². The fourth-order valence-electron chi connectivity index (χ4n) is 7.49. The molecular formula is C25H40O5. The highest BCUT2D eigenvalue weighted by molar-refractivity contribution is 5.77. The lowest BCUT2D eigenvalue weighted by molar-refractivity contribution is -0.174. The van der Waals surface area contributed by atoms with Gasteiger partial charge in [-0.05, 0) is 67.1 Å². The summed E-state index contributed by atoms with van der Waals surface area (Å²) in [5.41, 5.74) is 1.54. The van der Waals surface area contributed by atoms with Gasteiger partial charge >= 0.3 is 11.9 Å². The van der Waals surface area contributed by atoms with Crippen molar-refractivity contribution in [1.82, 2.24) is 0 Å². The molecule has 30 heavy (non-hydrogen) atoms. The number of hydrogen-bond acceptors (Lipinski definition) is 5. The fourth-order valence-corrected chi connectivity index (χ4v) is 7.49. The average Bonchev–Trinajstić information content (AvgIpc) is 2.63. The van der Waals surface area contributed by atoms with E-state index in [0.717, 1.165) is 24.8 Å². The molecule has 3 aliphatic carbocycles. The summed E-state index contributed by atoms with van der Waals surface area (Å²) in [6.07, 6.45) is 8.25. The smallest absolute Gasteiger partial charge is 0.313 e. The summed E-state index contributed by atoms with van der Waals surface area (Å²) < 4.78 is 10.4. The monoisotopic (exact) mass is 420 g/mol. The van der Waals surface area contributed by atoms with Gasteiger partial charge in [0.25, 0.3) is 0 Å². The average molecular weight is 421 g/mol. The first kappa shape index (κ1) is 23.3. The van der Waals surface area contributed by atoms with Crippen LogP contribution >= 0.6 is 0 Å². The van der Waals surface area contributed by atoms with Crippen LogP contribution in [0, 0.1) is 34.0 Å². The number of ether oxygens (including phenoxy) is 2. The maximum Gasteiger partial charge on any atom is 0.313 e. The van der Waals surface area contributed by atoms with Crippen LogP contribution in [0.5, 0.6) is 0 Å². The van der Waals surface area contributed by atoms with E-state index in [9.17, 15) is 14.7 Å². The van der Waals surface area contributed by atoms with Crippen molar-refractivity contribution >= 4 is 11.9 Å². The molecule has 3 rings (SSSR count). The molecular weight excluding hydrogens is 380 g/mol. The van der Waals surface area contributed by atoms with E-state index in [-0.39, 0.29) is 35.9 Å². The van der Waals surface area contributed by atoms with E-state index < -0.39 is 12.1 Å². The Morgan fingerprint density at radius 1 is 1.07 bits per heavy atom. The Bertz CT molecular complexity index is 710. The van der Waals surface area contributed by atoms with E-state index in [1.165, 1.54) is 26.2 Å². The van der Waals surface area contributed by atoms with Gasteiger partial charge in [0, 0.05) is 6.92 Å². The van der Waals surface area contributed by atoms with E-state index in [4.69, 9.17) is 9.47 Å². The molecule has 2 fully saturated rings. The highest BCUT2D eigenvalue weighted by atomic mass is 16.6. The van der Waals surface area contributed by atoms with E-state index >= 15 is 0 Å². The van der Waals surface area contributed by atoms with E-state index in [0.29, 0.717) is 17.3 Å². The fraction of sp³-hybridized carbons (Fsp3) is 0.840. The number of hydrogen-bond donors (Lipinski definition) is 1. The van der Waals surface area contributed by atoms with Crippen LogP contribution in [0.15, 0.2) is 11.6 Å². The number of esters is 2. The molecule has 5 heteroatoms. The summed E-state index contributed by atoms with van der Waals surface area (Å²) in [6, 6.07) is 0. The second-order valence-electron chi connectivity index (χ2n) is 11.2. The lowest BCUT2D eigenvalue weighted by atomic mass is 9.40. The second-order valence-corrected chi connectivity index (χ2v) is 11.2. The molecule has 0 amide bonds. The Balaban J connectivity index is 1.78. The molecule has 0 unspecified atom stereocenters. The number of aliphatic hydroxyl groups excluding tert-OH is 1. The molecule has 0 heterocycles. The number of aliphatic hydroxyl groups is 1. The van der Waals surface area contributed by atoms with Crippen molar-refractivity contribution in [2.75, 3.05) is 13.2 Å². The Morgan fingerprint density at radius 3 is 2.40 bits per heavy atom. The van der Waals surface area contributed by atoms with Gasteiger partial charge in [-0.1, -0.05) is 45.8 Å². The van der Waals surface area contributed by atoms with Gasteiger partial charge in [0.1, 0.15) is 19.3 Å². The Morgan fingerprint density at radius 2 is 1.73 bits per heavy atom. The van der Waals surface area contributed by atoms with Gasteiger partial charge in [-0.3, -0.25) is 9.59 Å². The third kappa shape index (κ3) is 4.06. The summed E-state index contributed by atoms with van der Waals surface area (Å²) in [4.78, 5) is 24.1.